The molecule has 0 aromatic heterocycles. The molecule has 0 aliphatic carbocycles. The number of rotatable bonds is 6. The highest BCUT2D eigenvalue weighted by Crippen LogP contribution is 2.32. The van der Waals surface area contributed by atoms with Crippen LogP contribution in [0.2, 0.25) is 0 Å². The van der Waals surface area contributed by atoms with Crippen LogP contribution in [0.25, 0.3) is 0 Å². The summed E-state index contributed by atoms with van der Waals surface area (Å²) < 4.78 is 23.8. The predicted octanol–water partition coefficient (Wildman–Crippen LogP) is 1.64. The van der Waals surface area contributed by atoms with E-state index in [0.717, 1.165) is 0 Å². The minimum atomic E-state index is -0.567. The van der Waals surface area contributed by atoms with Gasteiger partial charge in [-0.25, -0.2) is 4.39 Å². The van der Waals surface area contributed by atoms with Crippen molar-refractivity contribution in [3.05, 3.63) is 17.9 Å². The Morgan fingerprint density at radius 2 is 1.89 bits per heavy atom. The first kappa shape index (κ1) is 15.2. The number of benzene rings is 1. The van der Waals surface area contributed by atoms with Gasteiger partial charge in [0.25, 0.3) is 0 Å². The SMILES string of the molecule is CNCC(C)C(=O)Nc1cc(OC)c(OC)cc1F. The van der Waals surface area contributed by atoms with E-state index in [1.165, 1.54) is 26.4 Å². The number of carbonyl (C=O) groups is 1. The second-order valence-corrected chi connectivity index (χ2v) is 4.14. The predicted molar refractivity (Wildman–Crippen MR) is 71.2 cm³/mol. The molecule has 106 valence electrons. The number of halogens is 1. The smallest absolute Gasteiger partial charge is 0.228 e. The van der Waals surface area contributed by atoms with Crippen molar-refractivity contribution in [3.63, 3.8) is 0 Å². The number of hydrogen-bond acceptors (Lipinski definition) is 4. The molecule has 0 saturated carbocycles. The van der Waals surface area contributed by atoms with Gasteiger partial charge in [-0.15, -0.1) is 0 Å². The number of carbonyl (C=O) groups excluding carboxylic acids is 1. The zero-order chi connectivity index (χ0) is 14.4. The van der Waals surface area contributed by atoms with Gasteiger partial charge in [0.2, 0.25) is 5.91 Å². The highest BCUT2D eigenvalue weighted by Gasteiger charge is 2.16. The Balaban J connectivity index is 2.92. The van der Waals surface area contributed by atoms with Crippen LogP contribution in [0.4, 0.5) is 10.1 Å². The van der Waals surface area contributed by atoms with Crippen LogP contribution in [-0.4, -0.2) is 33.7 Å². The first-order chi connectivity index (χ1) is 9.03. The van der Waals surface area contributed by atoms with Crippen LogP contribution in [0.15, 0.2) is 12.1 Å². The summed E-state index contributed by atoms with van der Waals surface area (Å²) in [5, 5.41) is 5.42. The third-order valence-electron chi connectivity index (χ3n) is 2.69. The lowest BCUT2D eigenvalue weighted by molar-refractivity contribution is -0.119. The van der Waals surface area contributed by atoms with Crippen molar-refractivity contribution in [2.24, 2.45) is 5.92 Å². The number of ether oxygens (including phenoxy) is 2. The van der Waals surface area contributed by atoms with Crippen molar-refractivity contribution >= 4 is 11.6 Å². The molecule has 0 saturated heterocycles. The van der Waals surface area contributed by atoms with E-state index in [1.807, 2.05) is 0 Å². The average Bonchev–Trinajstić information content (AvgIpc) is 2.40. The van der Waals surface area contributed by atoms with Crippen LogP contribution in [0.1, 0.15) is 6.92 Å². The third-order valence-corrected chi connectivity index (χ3v) is 2.69. The van der Waals surface area contributed by atoms with Crippen LogP contribution >= 0.6 is 0 Å². The van der Waals surface area contributed by atoms with E-state index in [9.17, 15) is 9.18 Å². The molecule has 1 unspecified atom stereocenters. The summed E-state index contributed by atoms with van der Waals surface area (Å²) >= 11 is 0. The molecule has 1 rings (SSSR count). The van der Waals surface area contributed by atoms with Crippen LogP contribution < -0.4 is 20.1 Å². The van der Waals surface area contributed by atoms with E-state index in [4.69, 9.17) is 9.47 Å². The Morgan fingerprint density at radius 1 is 1.32 bits per heavy atom. The van der Waals surface area contributed by atoms with E-state index >= 15 is 0 Å². The second-order valence-electron chi connectivity index (χ2n) is 4.14. The molecule has 1 atom stereocenters. The minimum Gasteiger partial charge on any atom is -0.493 e. The van der Waals surface area contributed by atoms with Gasteiger partial charge < -0.3 is 20.1 Å². The highest BCUT2D eigenvalue weighted by molar-refractivity contribution is 5.93. The number of amides is 1. The number of methoxy groups -OCH3 is 2. The Labute approximate surface area is 112 Å². The molecule has 1 aromatic carbocycles. The van der Waals surface area contributed by atoms with E-state index in [0.29, 0.717) is 12.3 Å². The summed E-state index contributed by atoms with van der Waals surface area (Å²) in [6.07, 6.45) is 0. The minimum absolute atomic E-state index is 0.0746. The molecule has 0 aliphatic rings. The normalized spacial score (nSPS) is 11.8. The summed E-state index contributed by atoms with van der Waals surface area (Å²) in [7, 11) is 4.62. The van der Waals surface area contributed by atoms with Gasteiger partial charge in [0, 0.05) is 24.6 Å². The zero-order valence-corrected chi connectivity index (χ0v) is 11.5. The van der Waals surface area contributed by atoms with Crippen molar-refractivity contribution in [1.82, 2.24) is 5.32 Å². The summed E-state index contributed by atoms with van der Waals surface area (Å²) in [6, 6.07) is 2.58. The molecule has 1 amide bonds. The molecule has 0 spiro atoms. The molecule has 19 heavy (non-hydrogen) atoms. The van der Waals surface area contributed by atoms with Gasteiger partial charge in [0.1, 0.15) is 0 Å². The standard InChI is InChI=1S/C13H19FN2O3/c1-8(7-15-2)13(17)16-10-6-12(19-4)11(18-3)5-9(10)14/h5-6,8,15H,7H2,1-4H3,(H,16,17). The average molecular weight is 270 g/mol. The van der Waals surface area contributed by atoms with Gasteiger partial charge >= 0.3 is 0 Å². The van der Waals surface area contributed by atoms with Crippen molar-refractivity contribution < 1.29 is 18.7 Å². The molecule has 0 aliphatic heterocycles. The lowest BCUT2D eigenvalue weighted by atomic mass is 10.1. The second kappa shape index (κ2) is 6.94. The maximum atomic E-state index is 13.8. The van der Waals surface area contributed by atoms with Gasteiger partial charge in [0.15, 0.2) is 17.3 Å². The van der Waals surface area contributed by atoms with E-state index in [1.54, 1.807) is 14.0 Å². The first-order valence-electron chi connectivity index (χ1n) is 5.90. The Kier molecular flexibility index (Phi) is 5.57. The molecule has 5 nitrogen and oxygen atoms in total. The van der Waals surface area contributed by atoms with Gasteiger partial charge in [-0.3, -0.25) is 4.79 Å². The first-order valence-corrected chi connectivity index (χ1v) is 5.90. The van der Waals surface area contributed by atoms with Gasteiger partial charge in [-0.1, -0.05) is 6.92 Å². The van der Waals surface area contributed by atoms with Crippen molar-refractivity contribution in [2.45, 2.75) is 6.92 Å². The molecular weight excluding hydrogens is 251 g/mol. The zero-order valence-electron chi connectivity index (χ0n) is 11.5. The monoisotopic (exact) mass is 270 g/mol. The lowest BCUT2D eigenvalue weighted by Crippen LogP contribution is -2.28. The highest BCUT2D eigenvalue weighted by atomic mass is 19.1. The maximum Gasteiger partial charge on any atom is 0.228 e. The van der Waals surface area contributed by atoms with Crippen LogP contribution in [-0.2, 0) is 4.79 Å². The Morgan fingerprint density at radius 3 is 2.42 bits per heavy atom. The molecule has 0 bridgehead atoms. The van der Waals surface area contributed by atoms with E-state index in [-0.39, 0.29) is 23.3 Å². The molecule has 0 radical (unpaired) electrons. The van der Waals surface area contributed by atoms with Gasteiger partial charge in [0.05, 0.1) is 19.9 Å². The van der Waals surface area contributed by atoms with Gasteiger partial charge in [-0.2, -0.15) is 0 Å². The largest absolute Gasteiger partial charge is 0.493 e. The number of nitrogens with one attached hydrogen (secondary N) is 2. The maximum absolute atomic E-state index is 13.8. The molecule has 2 N–H and O–H groups in total. The summed E-state index contributed by atoms with van der Waals surface area (Å²) in [5.74, 6) is -0.456. The van der Waals surface area contributed by atoms with Crippen LogP contribution in [0, 0.1) is 11.7 Å². The fourth-order valence-electron chi connectivity index (χ4n) is 1.60. The van der Waals surface area contributed by atoms with Crippen molar-refractivity contribution in [3.8, 4) is 11.5 Å². The molecule has 0 heterocycles. The Bertz CT molecular complexity index is 452. The summed E-state index contributed by atoms with van der Waals surface area (Å²) in [6.45, 7) is 2.27. The molecule has 0 fully saturated rings. The van der Waals surface area contributed by atoms with Crippen molar-refractivity contribution in [1.29, 1.82) is 0 Å². The van der Waals surface area contributed by atoms with E-state index in [2.05, 4.69) is 10.6 Å². The Hall–Kier alpha value is -1.82. The number of anilines is 1. The fraction of sp³-hybridized carbons (Fsp3) is 0.462. The van der Waals surface area contributed by atoms with E-state index < -0.39 is 5.82 Å². The third kappa shape index (κ3) is 3.82. The molecule has 6 heteroatoms. The molecule has 1 aromatic rings. The molecular formula is C13H19FN2O3. The van der Waals surface area contributed by atoms with Gasteiger partial charge in [-0.05, 0) is 7.05 Å². The van der Waals surface area contributed by atoms with Crippen LogP contribution in [0.3, 0.4) is 0 Å². The van der Waals surface area contributed by atoms with Crippen molar-refractivity contribution in [2.75, 3.05) is 33.1 Å². The van der Waals surface area contributed by atoms with Crippen LogP contribution in [0.5, 0.6) is 11.5 Å². The number of hydrogen-bond donors (Lipinski definition) is 2. The lowest BCUT2D eigenvalue weighted by Gasteiger charge is -2.14. The summed E-state index contributed by atoms with van der Waals surface area (Å²) in [5.41, 5.74) is 0.0746. The quantitative estimate of drug-likeness (QED) is 0.825. The topological polar surface area (TPSA) is 59.6 Å². The summed E-state index contributed by atoms with van der Waals surface area (Å²) in [4.78, 5) is 11.8. The fourth-order valence-corrected chi connectivity index (χ4v) is 1.60.